The van der Waals surface area contributed by atoms with Crippen molar-refractivity contribution >= 4 is 23.2 Å². The van der Waals surface area contributed by atoms with Gasteiger partial charge in [0.05, 0.1) is 12.1 Å². The molecule has 5 heteroatoms. The Morgan fingerprint density at radius 2 is 2.00 bits per heavy atom. The van der Waals surface area contributed by atoms with E-state index in [-0.39, 0.29) is 17.5 Å². The van der Waals surface area contributed by atoms with Crippen LogP contribution in [0.1, 0.15) is 44.0 Å². The van der Waals surface area contributed by atoms with Gasteiger partial charge in [0.25, 0.3) is 5.91 Å². The van der Waals surface area contributed by atoms with Gasteiger partial charge in [0.1, 0.15) is 0 Å². The highest BCUT2D eigenvalue weighted by atomic mass is 32.1. The first-order valence-corrected chi connectivity index (χ1v) is 8.11. The molecule has 0 spiro atoms. The van der Waals surface area contributed by atoms with E-state index >= 15 is 0 Å². The molecule has 1 aliphatic rings. The van der Waals surface area contributed by atoms with Gasteiger partial charge >= 0.3 is 5.97 Å². The molecular weight excluding hydrogens is 298 g/mol. The molecule has 1 aliphatic carbocycles. The van der Waals surface area contributed by atoms with Crippen molar-refractivity contribution < 1.29 is 14.7 Å². The monoisotopic (exact) mass is 315 g/mol. The van der Waals surface area contributed by atoms with Crippen LogP contribution in [0.2, 0.25) is 0 Å². The number of carbonyl (C=O) groups excluding carboxylic acids is 1. The molecule has 4 nitrogen and oxygen atoms in total. The molecule has 114 valence electrons. The molecule has 0 saturated heterocycles. The number of benzene rings is 1. The van der Waals surface area contributed by atoms with Gasteiger partial charge in [-0.25, -0.2) is 4.79 Å². The fourth-order valence-electron chi connectivity index (χ4n) is 2.52. The molecule has 0 atom stereocenters. The predicted octanol–water partition coefficient (Wildman–Crippen LogP) is 3.56. The topological polar surface area (TPSA) is 57.6 Å². The highest BCUT2D eigenvalue weighted by Crippen LogP contribution is 2.31. The molecule has 1 aromatic heterocycles. The average Bonchev–Trinajstić information content (AvgIpc) is 3.20. The van der Waals surface area contributed by atoms with Gasteiger partial charge in [0, 0.05) is 16.5 Å². The van der Waals surface area contributed by atoms with Crippen LogP contribution in [0.5, 0.6) is 0 Å². The van der Waals surface area contributed by atoms with Crippen molar-refractivity contribution in [3.63, 3.8) is 0 Å². The number of carbonyl (C=O) groups is 2. The lowest BCUT2D eigenvalue weighted by Gasteiger charge is -2.22. The van der Waals surface area contributed by atoms with Crippen molar-refractivity contribution in [2.75, 3.05) is 0 Å². The second-order valence-corrected chi connectivity index (χ2v) is 6.67. The van der Waals surface area contributed by atoms with Crippen molar-refractivity contribution in [1.29, 1.82) is 0 Å². The van der Waals surface area contributed by atoms with Crippen molar-refractivity contribution in [2.45, 2.75) is 32.4 Å². The Morgan fingerprint density at radius 3 is 2.59 bits per heavy atom. The fourth-order valence-corrected chi connectivity index (χ4v) is 3.22. The summed E-state index contributed by atoms with van der Waals surface area (Å²) >= 11 is 1.63. The summed E-state index contributed by atoms with van der Waals surface area (Å²) in [6, 6.07) is 9.10. The molecule has 22 heavy (non-hydrogen) atoms. The van der Waals surface area contributed by atoms with Crippen molar-refractivity contribution in [3.8, 4) is 0 Å². The maximum Gasteiger partial charge on any atom is 0.335 e. The number of carboxylic acids is 1. The van der Waals surface area contributed by atoms with Gasteiger partial charge in [0.2, 0.25) is 0 Å². The normalized spacial score (nSPS) is 13.9. The van der Waals surface area contributed by atoms with E-state index in [1.165, 1.54) is 6.07 Å². The molecule has 2 aromatic rings. The minimum absolute atomic E-state index is 0.0814. The Bertz CT molecular complexity index is 705. The SMILES string of the molecule is Cc1cc(C(=O)O)cc(C(=O)N(Cc2cccs2)C2CC2)c1. The number of hydrogen-bond acceptors (Lipinski definition) is 3. The smallest absolute Gasteiger partial charge is 0.335 e. The van der Waals surface area contributed by atoms with Crippen LogP contribution < -0.4 is 0 Å². The van der Waals surface area contributed by atoms with Crippen LogP contribution in [0, 0.1) is 6.92 Å². The van der Waals surface area contributed by atoms with Crippen LogP contribution in [0.15, 0.2) is 35.7 Å². The van der Waals surface area contributed by atoms with E-state index in [0.717, 1.165) is 23.3 Å². The van der Waals surface area contributed by atoms with Gasteiger partial charge in [-0.1, -0.05) is 6.07 Å². The minimum Gasteiger partial charge on any atom is -0.478 e. The summed E-state index contributed by atoms with van der Waals surface area (Å²) in [4.78, 5) is 27.0. The second-order valence-electron chi connectivity index (χ2n) is 5.64. The highest BCUT2D eigenvalue weighted by molar-refractivity contribution is 7.09. The van der Waals surface area contributed by atoms with Crippen molar-refractivity contribution in [2.24, 2.45) is 0 Å². The van der Waals surface area contributed by atoms with Crippen molar-refractivity contribution in [1.82, 2.24) is 4.90 Å². The molecule has 1 N–H and O–H groups in total. The van der Waals surface area contributed by atoms with Crippen LogP contribution in [-0.4, -0.2) is 27.9 Å². The first kappa shape index (κ1) is 14.8. The number of thiophene rings is 1. The highest BCUT2D eigenvalue weighted by Gasteiger charge is 2.33. The summed E-state index contributed by atoms with van der Waals surface area (Å²) in [5.74, 6) is -1.09. The van der Waals surface area contributed by atoms with Gasteiger partial charge in [-0.2, -0.15) is 0 Å². The summed E-state index contributed by atoms with van der Waals surface area (Å²) in [6.45, 7) is 2.40. The van der Waals surface area contributed by atoms with E-state index in [1.807, 2.05) is 29.3 Å². The summed E-state index contributed by atoms with van der Waals surface area (Å²) in [7, 11) is 0. The third kappa shape index (κ3) is 3.20. The molecule has 1 heterocycles. The van der Waals surface area contributed by atoms with Gasteiger partial charge in [-0.3, -0.25) is 4.79 Å². The van der Waals surface area contributed by atoms with E-state index in [9.17, 15) is 9.59 Å². The maximum absolute atomic E-state index is 12.8. The molecule has 1 fully saturated rings. The van der Waals surface area contributed by atoms with E-state index in [2.05, 4.69) is 0 Å². The third-order valence-electron chi connectivity index (χ3n) is 3.73. The lowest BCUT2D eigenvalue weighted by molar-refractivity contribution is 0.0696. The zero-order valence-corrected chi connectivity index (χ0v) is 13.1. The molecule has 0 aliphatic heterocycles. The lowest BCUT2D eigenvalue weighted by atomic mass is 10.1. The van der Waals surface area contributed by atoms with E-state index in [0.29, 0.717) is 12.1 Å². The third-order valence-corrected chi connectivity index (χ3v) is 4.59. The summed E-state index contributed by atoms with van der Waals surface area (Å²) in [6.07, 6.45) is 2.05. The number of aryl methyl sites for hydroxylation is 1. The fraction of sp³-hybridized carbons (Fsp3) is 0.294. The van der Waals surface area contributed by atoms with Gasteiger partial charge in [0.15, 0.2) is 0 Å². The first-order chi connectivity index (χ1) is 10.5. The molecule has 3 rings (SSSR count). The zero-order chi connectivity index (χ0) is 15.7. The maximum atomic E-state index is 12.8. The Hall–Kier alpha value is -2.14. The van der Waals surface area contributed by atoms with Crippen LogP contribution >= 0.6 is 11.3 Å². The molecular formula is C17H17NO3S. The van der Waals surface area contributed by atoms with Crippen LogP contribution in [0.4, 0.5) is 0 Å². The average molecular weight is 315 g/mol. The van der Waals surface area contributed by atoms with Gasteiger partial charge in [-0.05, 0) is 55.0 Å². The Balaban J connectivity index is 1.88. The first-order valence-electron chi connectivity index (χ1n) is 7.23. The number of aromatic carboxylic acids is 1. The van der Waals surface area contributed by atoms with Gasteiger partial charge in [-0.15, -0.1) is 11.3 Å². The lowest BCUT2D eigenvalue weighted by Crippen LogP contribution is -2.32. The number of rotatable bonds is 5. The quantitative estimate of drug-likeness (QED) is 0.918. The number of nitrogens with zero attached hydrogens (tertiary/aromatic N) is 1. The molecule has 1 aromatic carbocycles. The van der Waals surface area contributed by atoms with Crippen LogP contribution in [0.25, 0.3) is 0 Å². The summed E-state index contributed by atoms with van der Waals surface area (Å²) < 4.78 is 0. The Labute approximate surface area is 133 Å². The standard InChI is InChI=1S/C17H17NO3S/c1-11-7-12(9-13(8-11)17(20)21)16(19)18(14-4-5-14)10-15-3-2-6-22-15/h2-3,6-9,14H,4-5,10H2,1H3,(H,20,21). The Morgan fingerprint density at radius 1 is 1.27 bits per heavy atom. The zero-order valence-electron chi connectivity index (χ0n) is 12.3. The largest absolute Gasteiger partial charge is 0.478 e. The molecule has 0 bridgehead atoms. The minimum atomic E-state index is -1.01. The molecule has 0 radical (unpaired) electrons. The number of amides is 1. The van der Waals surface area contributed by atoms with E-state index < -0.39 is 5.97 Å². The van der Waals surface area contributed by atoms with Crippen molar-refractivity contribution in [3.05, 3.63) is 57.3 Å². The molecule has 1 saturated carbocycles. The van der Waals surface area contributed by atoms with E-state index in [1.54, 1.807) is 23.5 Å². The summed E-state index contributed by atoms with van der Waals surface area (Å²) in [5, 5.41) is 11.2. The predicted molar refractivity (Wildman–Crippen MR) is 85.4 cm³/mol. The molecule has 0 unspecified atom stereocenters. The van der Waals surface area contributed by atoms with Crippen LogP contribution in [0.3, 0.4) is 0 Å². The summed E-state index contributed by atoms with van der Waals surface area (Å²) in [5.41, 5.74) is 1.41. The van der Waals surface area contributed by atoms with E-state index in [4.69, 9.17) is 5.11 Å². The van der Waals surface area contributed by atoms with Gasteiger partial charge < -0.3 is 10.0 Å². The molecule has 1 amide bonds. The number of hydrogen-bond donors (Lipinski definition) is 1. The van der Waals surface area contributed by atoms with Crippen LogP contribution in [-0.2, 0) is 6.54 Å². The number of carboxylic acid groups (broad SMARTS) is 1. The Kier molecular flexibility index (Phi) is 3.98. The second kappa shape index (κ2) is 5.93.